The molecule has 3 aliphatic rings. The zero-order valence-corrected chi connectivity index (χ0v) is 11.0. The molecule has 2 fully saturated rings. The maximum atomic E-state index is 12.5. The normalized spacial score (nSPS) is 35.7. The molecule has 1 aromatic rings. The van der Waals surface area contributed by atoms with Gasteiger partial charge in [0.1, 0.15) is 0 Å². The highest BCUT2D eigenvalue weighted by molar-refractivity contribution is 5.84. The van der Waals surface area contributed by atoms with Crippen LogP contribution in [0.1, 0.15) is 29.9 Å². The van der Waals surface area contributed by atoms with Crippen LogP contribution in [0.25, 0.3) is 0 Å². The van der Waals surface area contributed by atoms with E-state index in [0.717, 1.165) is 25.8 Å². The van der Waals surface area contributed by atoms with Gasteiger partial charge in [-0.05, 0) is 42.2 Å². The Bertz CT molecular complexity index is 527. The standard InChI is InChI=1S/C16H19NO2/c18-11-7-8-17(9-11)16(19)15-13-6-5-10-3-1-2-4-12(10)14(13)15/h1-4,11,13-15,18H,5-9H2. The van der Waals surface area contributed by atoms with E-state index in [1.54, 1.807) is 0 Å². The highest BCUT2D eigenvalue weighted by Gasteiger charge is 2.58. The number of nitrogens with zero attached hydrogens (tertiary/aromatic N) is 1. The predicted octanol–water partition coefficient (Wildman–Crippen LogP) is 1.56. The van der Waals surface area contributed by atoms with Gasteiger partial charge in [0, 0.05) is 19.0 Å². The van der Waals surface area contributed by atoms with Crippen LogP contribution in [0.3, 0.4) is 0 Å². The van der Waals surface area contributed by atoms with E-state index in [-0.39, 0.29) is 17.9 Å². The van der Waals surface area contributed by atoms with Crippen molar-refractivity contribution >= 4 is 5.91 Å². The van der Waals surface area contributed by atoms with E-state index in [9.17, 15) is 9.90 Å². The smallest absolute Gasteiger partial charge is 0.226 e. The first-order valence-corrected chi connectivity index (χ1v) is 7.30. The van der Waals surface area contributed by atoms with E-state index in [1.165, 1.54) is 11.1 Å². The SMILES string of the molecule is O=C(C1C2CCc3ccccc3C21)N1CCC(O)C1. The molecule has 1 aliphatic heterocycles. The number of aliphatic hydroxyl groups excluding tert-OH is 1. The van der Waals surface area contributed by atoms with Crippen LogP contribution in [0, 0.1) is 11.8 Å². The Morgan fingerprint density at radius 2 is 2.11 bits per heavy atom. The van der Waals surface area contributed by atoms with Crippen molar-refractivity contribution in [1.82, 2.24) is 4.90 Å². The van der Waals surface area contributed by atoms with Crippen LogP contribution in [0.4, 0.5) is 0 Å². The van der Waals surface area contributed by atoms with E-state index in [0.29, 0.717) is 18.4 Å². The van der Waals surface area contributed by atoms with Crippen LogP contribution in [0.15, 0.2) is 24.3 Å². The van der Waals surface area contributed by atoms with Gasteiger partial charge in [-0.15, -0.1) is 0 Å². The van der Waals surface area contributed by atoms with E-state index < -0.39 is 0 Å². The Morgan fingerprint density at radius 1 is 1.26 bits per heavy atom. The van der Waals surface area contributed by atoms with Crippen molar-refractivity contribution < 1.29 is 9.90 Å². The van der Waals surface area contributed by atoms with Crippen molar-refractivity contribution in [3.8, 4) is 0 Å². The first kappa shape index (κ1) is 11.5. The molecule has 1 amide bonds. The molecular formula is C16H19NO2. The molecule has 0 bridgehead atoms. The summed E-state index contributed by atoms with van der Waals surface area (Å²) in [7, 11) is 0. The number of rotatable bonds is 1. The molecule has 1 saturated heterocycles. The molecule has 4 unspecified atom stereocenters. The highest BCUT2D eigenvalue weighted by Crippen LogP contribution is 2.60. The Hall–Kier alpha value is -1.35. The first-order chi connectivity index (χ1) is 9.25. The fourth-order valence-electron chi connectivity index (χ4n) is 4.06. The average Bonchev–Trinajstić information content (AvgIpc) is 3.03. The van der Waals surface area contributed by atoms with Crippen LogP contribution in [-0.4, -0.2) is 35.1 Å². The van der Waals surface area contributed by atoms with Crippen molar-refractivity contribution in [1.29, 1.82) is 0 Å². The van der Waals surface area contributed by atoms with E-state index in [4.69, 9.17) is 0 Å². The Balaban J connectivity index is 1.55. The Kier molecular flexibility index (Phi) is 2.46. The minimum atomic E-state index is -0.308. The molecule has 3 heteroatoms. The summed E-state index contributed by atoms with van der Waals surface area (Å²) in [4.78, 5) is 14.4. The van der Waals surface area contributed by atoms with Crippen LogP contribution >= 0.6 is 0 Å². The van der Waals surface area contributed by atoms with Gasteiger partial charge in [0.15, 0.2) is 0 Å². The molecule has 1 saturated carbocycles. The number of aryl methyl sites for hydroxylation is 1. The lowest BCUT2D eigenvalue weighted by Gasteiger charge is -2.15. The fourth-order valence-corrected chi connectivity index (χ4v) is 4.06. The lowest BCUT2D eigenvalue weighted by Crippen LogP contribution is -2.31. The number of β-amino-alcohol motifs (C(OH)–C–C–N with tert-alkyl or cyclic N) is 1. The summed E-state index contributed by atoms with van der Waals surface area (Å²) in [6.07, 6.45) is 2.69. The monoisotopic (exact) mass is 257 g/mol. The molecule has 2 aliphatic carbocycles. The zero-order chi connectivity index (χ0) is 13.0. The van der Waals surface area contributed by atoms with Crippen molar-refractivity contribution in [3.63, 3.8) is 0 Å². The minimum Gasteiger partial charge on any atom is -0.391 e. The van der Waals surface area contributed by atoms with Crippen LogP contribution in [0.5, 0.6) is 0 Å². The van der Waals surface area contributed by atoms with Gasteiger partial charge < -0.3 is 10.0 Å². The molecule has 19 heavy (non-hydrogen) atoms. The second-order valence-corrected chi connectivity index (χ2v) is 6.18. The Labute approximate surface area is 113 Å². The number of fused-ring (bicyclic) bond motifs is 3. The largest absolute Gasteiger partial charge is 0.391 e. The highest BCUT2D eigenvalue weighted by atomic mass is 16.3. The maximum absolute atomic E-state index is 12.5. The number of carbonyl (C=O) groups is 1. The summed E-state index contributed by atoms with van der Waals surface area (Å²) in [5.74, 6) is 1.48. The maximum Gasteiger partial charge on any atom is 0.226 e. The number of hydrogen-bond acceptors (Lipinski definition) is 2. The van der Waals surface area contributed by atoms with Gasteiger partial charge in [-0.2, -0.15) is 0 Å². The van der Waals surface area contributed by atoms with E-state index in [2.05, 4.69) is 24.3 Å². The molecule has 4 atom stereocenters. The number of carbonyl (C=O) groups excluding carboxylic acids is 1. The second kappa shape index (κ2) is 4.07. The number of hydrogen-bond donors (Lipinski definition) is 1. The van der Waals surface area contributed by atoms with Crippen LogP contribution in [-0.2, 0) is 11.2 Å². The van der Waals surface area contributed by atoms with Gasteiger partial charge in [0.25, 0.3) is 0 Å². The summed E-state index contributed by atoms with van der Waals surface area (Å²) in [6.45, 7) is 1.27. The van der Waals surface area contributed by atoms with Gasteiger partial charge in [-0.1, -0.05) is 24.3 Å². The number of benzene rings is 1. The van der Waals surface area contributed by atoms with Gasteiger partial charge in [-0.25, -0.2) is 0 Å². The van der Waals surface area contributed by atoms with E-state index in [1.807, 2.05) is 4.90 Å². The van der Waals surface area contributed by atoms with Crippen molar-refractivity contribution in [2.45, 2.75) is 31.3 Å². The molecule has 0 spiro atoms. The summed E-state index contributed by atoms with van der Waals surface area (Å²) >= 11 is 0. The second-order valence-electron chi connectivity index (χ2n) is 6.18. The quantitative estimate of drug-likeness (QED) is 0.829. The van der Waals surface area contributed by atoms with Gasteiger partial charge in [0.2, 0.25) is 5.91 Å². The molecule has 1 aromatic carbocycles. The molecule has 0 aromatic heterocycles. The van der Waals surface area contributed by atoms with Gasteiger partial charge in [0.05, 0.1) is 6.10 Å². The average molecular weight is 257 g/mol. The molecule has 100 valence electrons. The van der Waals surface area contributed by atoms with Crippen LogP contribution in [0.2, 0.25) is 0 Å². The summed E-state index contributed by atoms with van der Waals surface area (Å²) in [6, 6.07) is 8.57. The third-order valence-corrected chi connectivity index (χ3v) is 5.09. The molecule has 4 rings (SSSR count). The lowest BCUT2D eigenvalue weighted by atomic mass is 9.92. The van der Waals surface area contributed by atoms with Gasteiger partial charge >= 0.3 is 0 Å². The topological polar surface area (TPSA) is 40.5 Å². The molecule has 1 N–H and O–H groups in total. The molecule has 1 heterocycles. The van der Waals surface area contributed by atoms with Crippen molar-refractivity contribution in [2.75, 3.05) is 13.1 Å². The number of aliphatic hydroxyl groups is 1. The minimum absolute atomic E-state index is 0.189. The predicted molar refractivity (Wildman–Crippen MR) is 71.7 cm³/mol. The zero-order valence-electron chi connectivity index (χ0n) is 11.0. The van der Waals surface area contributed by atoms with Gasteiger partial charge in [-0.3, -0.25) is 4.79 Å². The van der Waals surface area contributed by atoms with Crippen LogP contribution < -0.4 is 0 Å². The third-order valence-electron chi connectivity index (χ3n) is 5.09. The number of likely N-dealkylation sites (tertiary alicyclic amines) is 1. The van der Waals surface area contributed by atoms with E-state index >= 15 is 0 Å². The number of amides is 1. The Morgan fingerprint density at radius 3 is 2.89 bits per heavy atom. The fraction of sp³-hybridized carbons (Fsp3) is 0.562. The molecule has 3 nitrogen and oxygen atoms in total. The first-order valence-electron chi connectivity index (χ1n) is 7.30. The molecule has 0 radical (unpaired) electrons. The van der Waals surface area contributed by atoms with Crippen molar-refractivity contribution in [2.24, 2.45) is 11.8 Å². The third kappa shape index (κ3) is 1.71. The lowest BCUT2D eigenvalue weighted by molar-refractivity contribution is -0.132. The van der Waals surface area contributed by atoms with Crippen molar-refractivity contribution in [3.05, 3.63) is 35.4 Å². The summed E-state index contributed by atoms with van der Waals surface area (Å²) < 4.78 is 0. The molecular weight excluding hydrogens is 238 g/mol. The summed E-state index contributed by atoms with van der Waals surface area (Å²) in [5.41, 5.74) is 2.83. The summed E-state index contributed by atoms with van der Waals surface area (Å²) in [5, 5.41) is 9.57.